The topological polar surface area (TPSA) is 105 Å². The van der Waals surface area contributed by atoms with Crippen LogP contribution in [-0.4, -0.2) is 19.5 Å². The van der Waals surface area contributed by atoms with E-state index in [1.807, 2.05) is 48.5 Å². The van der Waals surface area contributed by atoms with E-state index in [1.165, 1.54) is 0 Å². The number of ether oxygens (including phenoxy) is 1. The number of carbonyl (C=O) groups is 1. The number of carboxylic acid groups (broad SMARTS) is 1. The van der Waals surface area contributed by atoms with Crippen molar-refractivity contribution in [3.63, 3.8) is 0 Å². The van der Waals surface area contributed by atoms with Gasteiger partial charge in [-0.25, -0.2) is 13.2 Å². The predicted octanol–water partition coefficient (Wildman–Crippen LogP) is 6.80. The van der Waals surface area contributed by atoms with Crippen LogP contribution in [0.25, 0.3) is 0 Å². The molecule has 39 heavy (non-hydrogen) atoms. The maximum Gasteiger partial charge on any atom is 0.335 e. The third-order valence-corrected chi connectivity index (χ3v) is 8.63. The van der Waals surface area contributed by atoms with Crippen LogP contribution in [0.5, 0.6) is 11.5 Å². The molecule has 2 aliphatic rings. The molecule has 6 rings (SSSR count). The van der Waals surface area contributed by atoms with Gasteiger partial charge in [0.15, 0.2) is 0 Å². The lowest BCUT2D eigenvalue weighted by molar-refractivity contribution is 0.0697. The Kier molecular flexibility index (Phi) is 6.32. The van der Waals surface area contributed by atoms with E-state index >= 15 is 0 Å². The smallest absolute Gasteiger partial charge is 0.335 e. The van der Waals surface area contributed by atoms with Gasteiger partial charge in [0, 0.05) is 17.3 Å². The Morgan fingerprint density at radius 1 is 0.897 bits per heavy atom. The van der Waals surface area contributed by atoms with Gasteiger partial charge in [-0.2, -0.15) is 0 Å². The number of carboxylic acids is 1. The van der Waals surface area contributed by atoms with Gasteiger partial charge in [-0.05, 0) is 90.2 Å². The zero-order valence-corrected chi connectivity index (χ0v) is 21.6. The fraction of sp³-hybridized carbons (Fsp3) is 0.129. The first-order valence-electron chi connectivity index (χ1n) is 12.6. The van der Waals surface area contributed by atoms with Gasteiger partial charge in [0.2, 0.25) is 0 Å². The second-order valence-corrected chi connectivity index (χ2v) is 11.4. The van der Waals surface area contributed by atoms with Gasteiger partial charge in [-0.3, -0.25) is 4.72 Å². The molecule has 0 saturated heterocycles. The molecule has 0 radical (unpaired) electrons. The van der Waals surface area contributed by atoms with Gasteiger partial charge in [-0.1, -0.05) is 42.5 Å². The van der Waals surface area contributed by atoms with Crippen molar-refractivity contribution in [2.24, 2.45) is 5.92 Å². The second-order valence-electron chi connectivity index (χ2n) is 9.70. The van der Waals surface area contributed by atoms with Crippen molar-refractivity contribution in [3.05, 3.63) is 126 Å². The van der Waals surface area contributed by atoms with Crippen molar-refractivity contribution in [2.75, 3.05) is 10.0 Å². The van der Waals surface area contributed by atoms with E-state index in [2.05, 4.69) is 22.2 Å². The molecule has 0 bridgehead atoms. The number of allylic oxidation sites excluding steroid dienone is 2. The molecule has 4 aromatic carbocycles. The highest BCUT2D eigenvalue weighted by atomic mass is 32.2. The summed E-state index contributed by atoms with van der Waals surface area (Å²) < 4.78 is 35.1. The van der Waals surface area contributed by atoms with E-state index in [0.29, 0.717) is 17.2 Å². The number of rotatable bonds is 7. The molecule has 1 aliphatic heterocycles. The summed E-state index contributed by atoms with van der Waals surface area (Å²) in [6.07, 6.45) is 5.11. The first kappa shape index (κ1) is 24.8. The maximum absolute atomic E-state index is 13.3. The van der Waals surface area contributed by atoms with Crippen molar-refractivity contribution >= 4 is 27.4 Å². The van der Waals surface area contributed by atoms with E-state index in [0.717, 1.165) is 23.2 Å². The van der Waals surface area contributed by atoms with Gasteiger partial charge >= 0.3 is 5.97 Å². The summed E-state index contributed by atoms with van der Waals surface area (Å²) in [5, 5.41) is 12.8. The quantitative estimate of drug-likeness (QED) is 0.224. The number of fused-ring (bicyclic) bond motifs is 3. The van der Waals surface area contributed by atoms with Crippen LogP contribution in [-0.2, 0) is 10.0 Å². The highest BCUT2D eigenvalue weighted by Gasteiger charge is 2.38. The zero-order chi connectivity index (χ0) is 27.0. The Morgan fingerprint density at radius 2 is 1.62 bits per heavy atom. The van der Waals surface area contributed by atoms with E-state index in [1.54, 1.807) is 48.5 Å². The SMILES string of the molecule is O=C(O)c1ccc([C@H]2Nc3ccc(S(=O)(=O)Nc4ccc(Oc5ccccc5)cc4)cc3[C@H]3C=CC[C@H]32)cc1. The van der Waals surface area contributed by atoms with E-state index in [-0.39, 0.29) is 28.3 Å². The average Bonchev–Trinajstić information content (AvgIpc) is 3.44. The Bertz CT molecular complexity index is 1650. The van der Waals surface area contributed by atoms with Crippen LogP contribution < -0.4 is 14.8 Å². The summed E-state index contributed by atoms with van der Waals surface area (Å²) in [7, 11) is -3.82. The minimum absolute atomic E-state index is 0.0162. The molecule has 7 nitrogen and oxygen atoms in total. The van der Waals surface area contributed by atoms with E-state index in [4.69, 9.17) is 4.74 Å². The van der Waals surface area contributed by atoms with Crippen LogP contribution in [0.4, 0.5) is 11.4 Å². The second kappa shape index (κ2) is 9.96. The Morgan fingerprint density at radius 3 is 2.33 bits per heavy atom. The number of nitrogens with one attached hydrogen (secondary N) is 2. The fourth-order valence-corrected chi connectivity index (χ4v) is 6.43. The molecule has 0 unspecified atom stereocenters. The van der Waals surface area contributed by atoms with E-state index in [9.17, 15) is 18.3 Å². The number of hydrogen-bond donors (Lipinski definition) is 3. The zero-order valence-electron chi connectivity index (χ0n) is 20.8. The predicted molar refractivity (Wildman–Crippen MR) is 150 cm³/mol. The first-order valence-corrected chi connectivity index (χ1v) is 14.1. The minimum Gasteiger partial charge on any atom is -0.478 e. The number of anilines is 2. The average molecular weight is 539 g/mol. The Hall–Kier alpha value is -4.56. The Balaban J connectivity index is 1.22. The van der Waals surface area contributed by atoms with Crippen LogP contribution in [0.15, 0.2) is 114 Å². The number of sulfonamides is 1. The molecule has 0 aromatic heterocycles. The third-order valence-electron chi connectivity index (χ3n) is 7.25. The summed E-state index contributed by atoms with van der Waals surface area (Å²) in [6, 6.07) is 28.2. The first-order chi connectivity index (χ1) is 18.9. The summed E-state index contributed by atoms with van der Waals surface area (Å²) in [5.41, 5.74) is 3.49. The van der Waals surface area contributed by atoms with Crippen LogP contribution in [0.3, 0.4) is 0 Å². The molecule has 8 heteroatoms. The Labute approximate surface area is 226 Å². The number of benzene rings is 4. The maximum atomic E-state index is 13.3. The van der Waals surface area contributed by atoms with Crippen molar-refractivity contribution in [1.29, 1.82) is 0 Å². The van der Waals surface area contributed by atoms with E-state index < -0.39 is 16.0 Å². The molecule has 0 fully saturated rings. The molecule has 3 N–H and O–H groups in total. The molecule has 3 atom stereocenters. The van der Waals surface area contributed by atoms with Crippen LogP contribution in [0.2, 0.25) is 0 Å². The van der Waals surface area contributed by atoms with Crippen molar-refractivity contribution < 1.29 is 23.1 Å². The van der Waals surface area contributed by atoms with Crippen LogP contribution >= 0.6 is 0 Å². The van der Waals surface area contributed by atoms with Crippen molar-refractivity contribution in [2.45, 2.75) is 23.3 Å². The van der Waals surface area contributed by atoms with Crippen molar-refractivity contribution in [3.8, 4) is 11.5 Å². The molecule has 0 saturated carbocycles. The molecular weight excluding hydrogens is 512 g/mol. The largest absolute Gasteiger partial charge is 0.478 e. The van der Waals surface area contributed by atoms with Gasteiger partial charge in [0.05, 0.1) is 16.5 Å². The van der Waals surface area contributed by atoms with Crippen LogP contribution in [0, 0.1) is 5.92 Å². The summed E-state index contributed by atoms with van der Waals surface area (Å²) in [5.74, 6) is 0.594. The lowest BCUT2D eigenvalue weighted by atomic mass is 9.77. The highest BCUT2D eigenvalue weighted by Crippen LogP contribution is 2.50. The molecular formula is C31H26N2O5S. The molecule has 1 heterocycles. The van der Waals surface area contributed by atoms with Gasteiger partial charge < -0.3 is 15.2 Å². The summed E-state index contributed by atoms with van der Waals surface area (Å²) >= 11 is 0. The lowest BCUT2D eigenvalue weighted by Crippen LogP contribution is -2.29. The third kappa shape index (κ3) is 4.98. The van der Waals surface area contributed by atoms with Gasteiger partial charge in [0.1, 0.15) is 11.5 Å². The summed E-state index contributed by atoms with van der Waals surface area (Å²) in [4.78, 5) is 11.5. The summed E-state index contributed by atoms with van der Waals surface area (Å²) in [6.45, 7) is 0. The lowest BCUT2D eigenvalue weighted by Gasteiger charge is -2.37. The van der Waals surface area contributed by atoms with Crippen molar-refractivity contribution in [1.82, 2.24) is 0 Å². The highest BCUT2D eigenvalue weighted by molar-refractivity contribution is 7.92. The molecule has 196 valence electrons. The molecule has 0 amide bonds. The number of para-hydroxylation sites is 1. The number of hydrogen-bond acceptors (Lipinski definition) is 5. The van der Waals surface area contributed by atoms with Gasteiger partial charge in [0.25, 0.3) is 10.0 Å². The molecule has 0 spiro atoms. The van der Waals surface area contributed by atoms with Gasteiger partial charge in [-0.15, -0.1) is 0 Å². The normalized spacial score (nSPS) is 19.4. The fourth-order valence-electron chi connectivity index (χ4n) is 5.33. The standard InChI is InChI=1S/C31H26N2O5S/c34-31(35)21-11-9-20(10-12-21)30-27-8-4-7-26(27)28-19-25(17-18-29(28)32-30)39(36,37)33-22-13-15-24(16-14-22)38-23-5-2-1-3-6-23/h1-7,9-19,26-27,30,32-33H,8H2,(H,34,35)/t26-,27+,30+/m0/s1. The minimum atomic E-state index is -3.82. The molecule has 1 aliphatic carbocycles. The number of aromatic carboxylic acids is 1. The monoisotopic (exact) mass is 538 g/mol. The molecule has 4 aromatic rings. The van der Waals surface area contributed by atoms with Crippen LogP contribution in [0.1, 0.15) is 39.9 Å².